The first-order valence-corrected chi connectivity index (χ1v) is 14.6. The van der Waals surface area contributed by atoms with Gasteiger partial charge in [-0.25, -0.2) is 8.78 Å². The second kappa shape index (κ2) is 9.65. The average Bonchev–Trinajstić information content (AvgIpc) is 3.58. The predicted molar refractivity (Wildman–Crippen MR) is 148 cm³/mol. The molecule has 5 heterocycles. The highest BCUT2D eigenvalue weighted by Crippen LogP contribution is 2.42. The number of halogens is 2. The number of piperidine rings is 1. The van der Waals surface area contributed by atoms with Crippen LogP contribution in [-0.4, -0.2) is 64.3 Å². The van der Waals surface area contributed by atoms with Crippen molar-refractivity contribution in [2.24, 2.45) is 11.8 Å². The van der Waals surface area contributed by atoms with Gasteiger partial charge in [-0.1, -0.05) is 38.1 Å². The van der Waals surface area contributed by atoms with Gasteiger partial charge in [0.15, 0.2) is 5.82 Å². The summed E-state index contributed by atoms with van der Waals surface area (Å²) in [4.78, 5) is 18.7. The molecule has 39 heavy (non-hydrogen) atoms. The fourth-order valence-corrected chi connectivity index (χ4v) is 7.76. The van der Waals surface area contributed by atoms with Crippen molar-refractivity contribution in [2.45, 2.75) is 70.0 Å². The Balaban J connectivity index is 1.31. The average molecular weight is 534 g/mol. The van der Waals surface area contributed by atoms with Gasteiger partial charge in [0.1, 0.15) is 29.8 Å². The van der Waals surface area contributed by atoms with Crippen LogP contribution in [0.3, 0.4) is 0 Å². The first-order valence-electron chi connectivity index (χ1n) is 14.6. The van der Waals surface area contributed by atoms with Crippen molar-refractivity contribution in [1.82, 2.24) is 19.9 Å². The Morgan fingerprint density at radius 2 is 1.90 bits per heavy atom. The Bertz CT molecular complexity index is 1390. The van der Waals surface area contributed by atoms with E-state index in [2.05, 4.69) is 33.6 Å². The van der Waals surface area contributed by atoms with Crippen molar-refractivity contribution in [3.63, 3.8) is 0 Å². The fourth-order valence-electron chi connectivity index (χ4n) is 7.76. The molecule has 1 aliphatic carbocycles. The molecule has 4 aliphatic rings. The first-order chi connectivity index (χ1) is 18.9. The summed E-state index contributed by atoms with van der Waals surface area (Å²) in [5, 5.41) is 0.622. The molecule has 3 saturated heterocycles. The predicted octanol–water partition coefficient (Wildman–Crippen LogP) is 6.15. The van der Waals surface area contributed by atoms with Crippen molar-refractivity contribution in [3.05, 3.63) is 41.8 Å². The van der Waals surface area contributed by atoms with Crippen LogP contribution in [0.25, 0.3) is 22.2 Å². The molecular formula is C31H37F2N5O. The van der Waals surface area contributed by atoms with E-state index in [0.717, 1.165) is 43.6 Å². The van der Waals surface area contributed by atoms with E-state index >= 15 is 4.39 Å². The molecule has 0 N–H and O–H groups in total. The van der Waals surface area contributed by atoms with Crippen LogP contribution in [-0.2, 0) is 0 Å². The molecule has 2 aromatic heterocycles. The highest BCUT2D eigenvalue weighted by Gasteiger charge is 2.49. The van der Waals surface area contributed by atoms with Gasteiger partial charge in [0.05, 0.1) is 10.9 Å². The van der Waals surface area contributed by atoms with Crippen LogP contribution in [0.5, 0.6) is 6.01 Å². The third kappa shape index (κ3) is 4.35. The Morgan fingerprint density at radius 3 is 2.69 bits per heavy atom. The quantitative estimate of drug-likeness (QED) is 0.379. The van der Waals surface area contributed by atoms with Crippen molar-refractivity contribution < 1.29 is 13.5 Å². The maximum atomic E-state index is 16.4. The van der Waals surface area contributed by atoms with Gasteiger partial charge in [0.25, 0.3) is 0 Å². The lowest BCUT2D eigenvalue weighted by Crippen LogP contribution is -2.43. The second-order valence-corrected chi connectivity index (χ2v) is 12.6. The van der Waals surface area contributed by atoms with Crippen LogP contribution in [0.1, 0.15) is 63.9 Å². The molecule has 0 radical (unpaired) electrons. The number of hydrogen-bond donors (Lipinski definition) is 0. The van der Waals surface area contributed by atoms with Gasteiger partial charge in [-0.3, -0.25) is 9.88 Å². The lowest BCUT2D eigenvalue weighted by Gasteiger charge is -2.34. The zero-order valence-electron chi connectivity index (χ0n) is 22.9. The van der Waals surface area contributed by atoms with Gasteiger partial charge in [-0.05, 0) is 62.0 Å². The molecule has 2 bridgehead atoms. The third-order valence-corrected chi connectivity index (χ3v) is 9.62. The molecule has 2 unspecified atom stereocenters. The van der Waals surface area contributed by atoms with Crippen molar-refractivity contribution >= 4 is 16.7 Å². The fraction of sp³-hybridized carbons (Fsp3) is 0.581. The monoisotopic (exact) mass is 533 g/mol. The minimum atomic E-state index is -0.835. The minimum absolute atomic E-state index is 0.173. The lowest BCUT2D eigenvalue weighted by molar-refractivity contribution is 0.107. The van der Waals surface area contributed by atoms with Gasteiger partial charge in [-0.15, -0.1) is 0 Å². The van der Waals surface area contributed by atoms with E-state index in [4.69, 9.17) is 9.72 Å². The molecule has 1 aromatic carbocycles. The van der Waals surface area contributed by atoms with E-state index in [1.165, 1.54) is 19.3 Å². The van der Waals surface area contributed by atoms with Gasteiger partial charge in [0, 0.05) is 37.8 Å². The number of benzene rings is 1. The van der Waals surface area contributed by atoms with Crippen LogP contribution in [0.2, 0.25) is 0 Å². The highest BCUT2D eigenvalue weighted by molar-refractivity contribution is 5.92. The van der Waals surface area contributed by atoms with Crippen LogP contribution in [0, 0.1) is 17.7 Å². The summed E-state index contributed by atoms with van der Waals surface area (Å²) in [6.45, 7) is 7.69. The number of ether oxygens (including phenoxy) is 1. The highest BCUT2D eigenvalue weighted by atomic mass is 19.1. The molecule has 6 nitrogen and oxygen atoms in total. The molecular weight excluding hydrogens is 496 g/mol. The number of aromatic nitrogens is 3. The largest absolute Gasteiger partial charge is 0.461 e. The standard InChI is InChI=1S/C31H37F2N5O/c1-19(2)23-6-3-4-7-24(23)27-26(33)28-25(14-34-27)29(37-15-20-8-9-21(12-20)16-37)36-30(35-28)39-18-31-10-5-11-38(31)17-22(32)13-31/h3-4,6-7,14,19-22H,5,8-13,15-18H2,1-2H3/t20?,21?,22-,31+/m1/s1. The summed E-state index contributed by atoms with van der Waals surface area (Å²) in [5.74, 6) is 1.76. The third-order valence-electron chi connectivity index (χ3n) is 9.62. The van der Waals surface area contributed by atoms with Gasteiger partial charge >= 0.3 is 6.01 Å². The zero-order chi connectivity index (χ0) is 26.7. The van der Waals surface area contributed by atoms with Gasteiger partial charge < -0.3 is 9.64 Å². The minimum Gasteiger partial charge on any atom is -0.461 e. The van der Waals surface area contributed by atoms with E-state index in [1.54, 1.807) is 6.20 Å². The SMILES string of the molecule is CC(C)c1ccccc1-c1ncc2c(N3CC4CCC(C4)C3)nc(OC[C@@]34CCCN3C[C@H](F)C4)nc2c1F. The van der Waals surface area contributed by atoms with E-state index < -0.39 is 12.0 Å². The van der Waals surface area contributed by atoms with E-state index in [0.29, 0.717) is 48.3 Å². The molecule has 7 rings (SSSR count). The Morgan fingerprint density at radius 1 is 1.10 bits per heavy atom. The number of anilines is 1. The topological polar surface area (TPSA) is 54.4 Å². The second-order valence-electron chi connectivity index (χ2n) is 12.6. The molecule has 206 valence electrons. The summed E-state index contributed by atoms with van der Waals surface area (Å²) >= 11 is 0. The van der Waals surface area contributed by atoms with Crippen molar-refractivity contribution in [3.8, 4) is 17.3 Å². The van der Waals surface area contributed by atoms with E-state index in [9.17, 15) is 4.39 Å². The van der Waals surface area contributed by atoms with Gasteiger partial charge in [0.2, 0.25) is 0 Å². The summed E-state index contributed by atoms with van der Waals surface area (Å²) in [5.41, 5.74) is 2.06. The molecule has 0 spiro atoms. The van der Waals surface area contributed by atoms with Gasteiger partial charge in [-0.2, -0.15) is 9.97 Å². The molecule has 4 fully saturated rings. The summed E-state index contributed by atoms with van der Waals surface area (Å²) in [6.07, 6.45) is 7.04. The molecule has 3 aromatic rings. The normalized spacial score (nSPS) is 28.5. The maximum absolute atomic E-state index is 16.4. The van der Waals surface area contributed by atoms with Crippen LogP contribution >= 0.6 is 0 Å². The number of rotatable bonds is 6. The smallest absolute Gasteiger partial charge is 0.319 e. The van der Waals surface area contributed by atoms with Crippen LogP contribution in [0.15, 0.2) is 30.5 Å². The molecule has 1 saturated carbocycles. The molecule has 3 aliphatic heterocycles. The molecule has 0 amide bonds. The molecule has 8 heteroatoms. The van der Waals surface area contributed by atoms with E-state index in [-0.39, 0.29) is 23.0 Å². The van der Waals surface area contributed by atoms with E-state index in [1.807, 2.05) is 24.3 Å². The number of nitrogens with zero attached hydrogens (tertiary/aromatic N) is 5. The lowest BCUT2D eigenvalue weighted by atomic mass is 9.94. The van der Waals surface area contributed by atoms with Crippen molar-refractivity contribution in [2.75, 3.05) is 37.7 Å². The van der Waals surface area contributed by atoms with Crippen LogP contribution in [0.4, 0.5) is 14.6 Å². The van der Waals surface area contributed by atoms with Crippen LogP contribution < -0.4 is 9.64 Å². The number of pyridine rings is 1. The summed E-state index contributed by atoms with van der Waals surface area (Å²) in [6, 6.07) is 8.03. The number of fused-ring (bicyclic) bond motifs is 4. The Kier molecular flexibility index (Phi) is 6.21. The molecule has 4 atom stereocenters. The first kappa shape index (κ1) is 25.1. The summed E-state index contributed by atoms with van der Waals surface area (Å²) < 4.78 is 37.0. The number of hydrogen-bond acceptors (Lipinski definition) is 6. The maximum Gasteiger partial charge on any atom is 0.319 e. The Hall–Kier alpha value is -2.87. The van der Waals surface area contributed by atoms with Crippen molar-refractivity contribution in [1.29, 1.82) is 0 Å². The zero-order valence-corrected chi connectivity index (χ0v) is 22.9. The summed E-state index contributed by atoms with van der Waals surface area (Å²) in [7, 11) is 0. The number of alkyl halides is 1. The Labute approximate surface area is 228 Å².